The van der Waals surface area contributed by atoms with Gasteiger partial charge < -0.3 is 5.11 Å². The summed E-state index contributed by atoms with van der Waals surface area (Å²) >= 11 is 0. The van der Waals surface area contributed by atoms with Crippen molar-refractivity contribution in [1.82, 2.24) is 0 Å². The van der Waals surface area contributed by atoms with Gasteiger partial charge in [-0.15, -0.1) is 0 Å². The van der Waals surface area contributed by atoms with Crippen LogP contribution in [0.3, 0.4) is 0 Å². The van der Waals surface area contributed by atoms with E-state index in [2.05, 4.69) is 4.99 Å². The zero-order valence-electron chi connectivity index (χ0n) is 10.9. The molecule has 0 heterocycles. The Labute approximate surface area is 112 Å². The standard InChI is InChI=1S/C16H15NO2/c1-11-6-7-16(19)14(8-11)10-17-15-5-3-4-13(9-15)12(2)18/h3-10,19H,1-2H3. The van der Waals surface area contributed by atoms with Crippen molar-refractivity contribution in [2.24, 2.45) is 4.99 Å². The van der Waals surface area contributed by atoms with Crippen LogP contribution in [-0.4, -0.2) is 17.1 Å². The molecule has 0 unspecified atom stereocenters. The number of aliphatic imine (C=N–C) groups is 1. The number of aromatic hydroxyl groups is 1. The molecule has 0 atom stereocenters. The molecule has 96 valence electrons. The Bertz CT molecular complexity index is 645. The van der Waals surface area contributed by atoms with E-state index in [1.807, 2.05) is 25.1 Å². The number of hydrogen-bond donors (Lipinski definition) is 1. The second kappa shape index (κ2) is 5.48. The number of phenols is 1. The first kappa shape index (κ1) is 13.0. The van der Waals surface area contributed by atoms with Crippen molar-refractivity contribution in [2.75, 3.05) is 0 Å². The summed E-state index contributed by atoms with van der Waals surface area (Å²) in [6.45, 7) is 3.47. The molecule has 0 aromatic heterocycles. The Morgan fingerprint density at radius 2 is 2.00 bits per heavy atom. The van der Waals surface area contributed by atoms with Crippen LogP contribution in [0.2, 0.25) is 0 Å². The second-order valence-corrected chi connectivity index (χ2v) is 4.43. The average Bonchev–Trinajstić information content (AvgIpc) is 2.40. The number of carbonyl (C=O) groups is 1. The van der Waals surface area contributed by atoms with E-state index in [9.17, 15) is 9.90 Å². The SMILES string of the molecule is CC(=O)c1cccc(N=Cc2cc(C)ccc2O)c1. The average molecular weight is 253 g/mol. The molecule has 0 saturated carbocycles. The van der Waals surface area contributed by atoms with Crippen LogP contribution in [-0.2, 0) is 0 Å². The highest BCUT2D eigenvalue weighted by Gasteiger charge is 2.00. The van der Waals surface area contributed by atoms with Crippen LogP contribution in [0.4, 0.5) is 5.69 Å². The summed E-state index contributed by atoms with van der Waals surface area (Å²) in [5, 5.41) is 9.71. The molecular weight excluding hydrogens is 238 g/mol. The van der Waals surface area contributed by atoms with E-state index in [1.54, 1.807) is 30.5 Å². The molecule has 0 aliphatic heterocycles. The highest BCUT2D eigenvalue weighted by Crippen LogP contribution is 2.19. The number of carbonyl (C=O) groups excluding carboxylic acids is 1. The van der Waals surface area contributed by atoms with E-state index >= 15 is 0 Å². The fourth-order valence-electron chi connectivity index (χ4n) is 1.73. The number of Topliss-reactive ketones (excluding diaryl/α,β-unsaturated/α-hetero) is 1. The summed E-state index contributed by atoms with van der Waals surface area (Å²) in [5.41, 5.74) is 3.03. The fourth-order valence-corrected chi connectivity index (χ4v) is 1.73. The molecule has 0 bridgehead atoms. The summed E-state index contributed by atoms with van der Waals surface area (Å²) in [4.78, 5) is 15.6. The van der Waals surface area contributed by atoms with Gasteiger partial charge in [-0.3, -0.25) is 9.79 Å². The topological polar surface area (TPSA) is 49.7 Å². The van der Waals surface area contributed by atoms with Gasteiger partial charge in [0.25, 0.3) is 0 Å². The lowest BCUT2D eigenvalue weighted by molar-refractivity contribution is 0.101. The summed E-state index contributed by atoms with van der Waals surface area (Å²) in [6.07, 6.45) is 1.60. The van der Waals surface area contributed by atoms with Gasteiger partial charge in [-0.1, -0.05) is 23.8 Å². The molecule has 2 aromatic carbocycles. The second-order valence-electron chi connectivity index (χ2n) is 4.43. The number of benzene rings is 2. The minimum absolute atomic E-state index is 0.00968. The van der Waals surface area contributed by atoms with E-state index in [4.69, 9.17) is 0 Å². The normalized spacial score (nSPS) is 10.8. The van der Waals surface area contributed by atoms with Crippen LogP contribution >= 0.6 is 0 Å². The van der Waals surface area contributed by atoms with Crippen LogP contribution in [0.1, 0.15) is 28.4 Å². The Balaban J connectivity index is 2.30. The van der Waals surface area contributed by atoms with Crippen molar-refractivity contribution >= 4 is 17.7 Å². The third-order valence-corrected chi connectivity index (χ3v) is 2.79. The van der Waals surface area contributed by atoms with Crippen molar-refractivity contribution in [2.45, 2.75) is 13.8 Å². The molecule has 19 heavy (non-hydrogen) atoms. The van der Waals surface area contributed by atoms with Gasteiger partial charge in [-0.05, 0) is 38.1 Å². The molecule has 0 aliphatic carbocycles. The zero-order valence-corrected chi connectivity index (χ0v) is 10.9. The van der Waals surface area contributed by atoms with Crippen LogP contribution in [0.5, 0.6) is 5.75 Å². The number of aryl methyl sites for hydroxylation is 1. The van der Waals surface area contributed by atoms with E-state index in [0.29, 0.717) is 16.8 Å². The largest absolute Gasteiger partial charge is 0.507 e. The maximum atomic E-state index is 11.3. The Kier molecular flexibility index (Phi) is 3.76. The maximum absolute atomic E-state index is 11.3. The van der Waals surface area contributed by atoms with Gasteiger partial charge in [0, 0.05) is 17.3 Å². The number of nitrogens with zero attached hydrogens (tertiary/aromatic N) is 1. The summed E-state index contributed by atoms with van der Waals surface area (Å²) in [6, 6.07) is 12.4. The first-order valence-electron chi connectivity index (χ1n) is 6.01. The number of phenolic OH excluding ortho intramolecular Hbond substituents is 1. The van der Waals surface area contributed by atoms with Gasteiger partial charge in [-0.2, -0.15) is 0 Å². The maximum Gasteiger partial charge on any atom is 0.159 e. The van der Waals surface area contributed by atoms with E-state index < -0.39 is 0 Å². The summed E-state index contributed by atoms with van der Waals surface area (Å²) < 4.78 is 0. The fraction of sp³-hybridized carbons (Fsp3) is 0.125. The van der Waals surface area contributed by atoms with E-state index in [-0.39, 0.29) is 11.5 Å². The molecule has 2 aromatic rings. The molecule has 3 heteroatoms. The lowest BCUT2D eigenvalue weighted by atomic mass is 10.1. The monoisotopic (exact) mass is 253 g/mol. The molecule has 0 saturated heterocycles. The highest BCUT2D eigenvalue weighted by atomic mass is 16.3. The van der Waals surface area contributed by atoms with Crippen molar-refractivity contribution in [1.29, 1.82) is 0 Å². The molecule has 2 rings (SSSR count). The molecule has 0 radical (unpaired) electrons. The molecule has 0 amide bonds. The van der Waals surface area contributed by atoms with Gasteiger partial charge in [0.15, 0.2) is 5.78 Å². The molecule has 1 N–H and O–H groups in total. The van der Waals surface area contributed by atoms with Gasteiger partial charge in [-0.25, -0.2) is 0 Å². The minimum Gasteiger partial charge on any atom is -0.507 e. The van der Waals surface area contributed by atoms with Crippen molar-refractivity contribution in [3.05, 3.63) is 59.2 Å². The van der Waals surface area contributed by atoms with Crippen molar-refractivity contribution < 1.29 is 9.90 Å². The minimum atomic E-state index is 0.00968. The van der Waals surface area contributed by atoms with Crippen LogP contribution in [0, 0.1) is 6.92 Å². The smallest absolute Gasteiger partial charge is 0.159 e. The number of hydrogen-bond acceptors (Lipinski definition) is 3. The number of rotatable bonds is 3. The van der Waals surface area contributed by atoms with Crippen LogP contribution in [0.25, 0.3) is 0 Å². The summed E-state index contributed by atoms with van der Waals surface area (Å²) in [7, 11) is 0. The van der Waals surface area contributed by atoms with E-state index in [1.165, 1.54) is 6.92 Å². The predicted molar refractivity (Wildman–Crippen MR) is 76.5 cm³/mol. The first-order chi connectivity index (χ1) is 9.06. The third-order valence-electron chi connectivity index (χ3n) is 2.79. The summed E-state index contributed by atoms with van der Waals surface area (Å²) in [5.74, 6) is 0.201. The Morgan fingerprint density at radius 1 is 1.21 bits per heavy atom. The Hall–Kier alpha value is -2.42. The van der Waals surface area contributed by atoms with Gasteiger partial charge in [0.2, 0.25) is 0 Å². The van der Waals surface area contributed by atoms with Crippen molar-refractivity contribution in [3.63, 3.8) is 0 Å². The molecular formula is C16H15NO2. The van der Waals surface area contributed by atoms with Gasteiger partial charge in [0.05, 0.1) is 5.69 Å². The first-order valence-corrected chi connectivity index (χ1v) is 6.01. The number of ketones is 1. The highest BCUT2D eigenvalue weighted by molar-refractivity contribution is 5.95. The van der Waals surface area contributed by atoms with Crippen LogP contribution in [0.15, 0.2) is 47.5 Å². The van der Waals surface area contributed by atoms with Crippen molar-refractivity contribution in [3.8, 4) is 5.75 Å². The van der Waals surface area contributed by atoms with Gasteiger partial charge in [0.1, 0.15) is 5.75 Å². The lowest BCUT2D eigenvalue weighted by Gasteiger charge is -2.01. The Morgan fingerprint density at radius 3 is 2.74 bits per heavy atom. The molecule has 0 aliphatic rings. The molecule has 0 fully saturated rings. The zero-order chi connectivity index (χ0) is 13.8. The quantitative estimate of drug-likeness (QED) is 0.670. The molecule has 3 nitrogen and oxygen atoms in total. The lowest BCUT2D eigenvalue weighted by Crippen LogP contribution is -1.90. The predicted octanol–water partition coefficient (Wildman–Crippen LogP) is 3.65. The van der Waals surface area contributed by atoms with E-state index in [0.717, 1.165) is 5.56 Å². The van der Waals surface area contributed by atoms with Gasteiger partial charge >= 0.3 is 0 Å². The third kappa shape index (κ3) is 3.28. The van der Waals surface area contributed by atoms with Crippen LogP contribution < -0.4 is 0 Å². The molecule has 0 spiro atoms.